The van der Waals surface area contributed by atoms with Crippen LogP contribution in [0.25, 0.3) is 11.6 Å². The lowest BCUT2D eigenvalue weighted by molar-refractivity contribution is -0.140. The van der Waals surface area contributed by atoms with Crippen molar-refractivity contribution in [2.24, 2.45) is 0 Å². The highest BCUT2D eigenvalue weighted by Crippen LogP contribution is 2.33. The van der Waals surface area contributed by atoms with Gasteiger partial charge in [-0.1, -0.05) is 19.4 Å². The molecule has 2 N–H and O–H groups in total. The predicted molar refractivity (Wildman–Crippen MR) is 102 cm³/mol. The molecule has 0 bridgehead atoms. The minimum Gasteiger partial charge on any atom is -0.344 e. The maximum Gasteiger partial charge on any atom is 0.419 e. The summed E-state index contributed by atoms with van der Waals surface area (Å²) in [6.07, 6.45) is -1.07. The molecule has 2 heterocycles. The summed E-state index contributed by atoms with van der Waals surface area (Å²) < 4.78 is 52.4. The number of nitrogens with one attached hydrogen (secondary N) is 2. The van der Waals surface area contributed by atoms with E-state index in [9.17, 15) is 27.2 Å². The van der Waals surface area contributed by atoms with Crippen LogP contribution in [0.4, 0.5) is 17.6 Å². The topological polar surface area (TPSA) is 101 Å². The normalized spacial score (nSPS) is 12.4. The zero-order valence-electron chi connectivity index (χ0n) is 16.2. The Morgan fingerprint density at radius 3 is 2.52 bits per heavy atom. The number of carbonyl (C=O) groups is 1. The van der Waals surface area contributed by atoms with Gasteiger partial charge in [-0.25, -0.2) is 19.3 Å². The third-order valence-corrected chi connectivity index (χ3v) is 4.34. The minimum atomic E-state index is -4.82. The van der Waals surface area contributed by atoms with Crippen molar-refractivity contribution in [2.45, 2.75) is 32.0 Å². The number of H-pyrrole nitrogens is 1. The van der Waals surface area contributed by atoms with E-state index in [0.29, 0.717) is 18.9 Å². The lowest BCUT2D eigenvalue weighted by atomic mass is 10.00. The summed E-state index contributed by atoms with van der Waals surface area (Å²) in [5, 5.41) is 2.60. The fourth-order valence-electron chi connectivity index (χ4n) is 2.92. The highest BCUT2D eigenvalue weighted by Gasteiger charge is 2.34. The monoisotopic (exact) mass is 435 g/mol. The molecule has 1 atom stereocenters. The van der Waals surface area contributed by atoms with Crippen LogP contribution in [-0.4, -0.2) is 25.8 Å². The van der Waals surface area contributed by atoms with E-state index >= 15 is 0 Å². The highest BCUT2D eigenvalue weighted by atomic mass is 19.4. The quantitative estimate of drug-likeness (QED) is 0.576. The summed E-state index contributed by atoms with van der Waals surface area (Å²) in [4.78, 5) is 39.1. The van der Waals surface area contributed by atoms with Crippen molar-refractivity contribution in [1.29, 1.82) is 0 Å². The third-order valence-electron chi connectivity index (χ3n) is 4.34. The Morgan fingerprint density at radius 1 is 1.19 bits per heavy atom. The summed E-state index contributed by atoms with van der Waals surface area (Å²) in [6.45, 7) is 1.80. The van der Waals surface area contributed by atoms with Crippen LogP contribution >= 0.6 is 0 Å². The summed E-state index contributed by atoms with van der Waals surface area (Å²) in [5.74, 6) is -2.10. The van der Waals surface area contributed by atoms with Gasteiger partial charge in [-0.05, 0) is 30.2 Å². The van der Waals surface area contributed by atoms with Crippen molar-refractivity contribution in [2.75, 3.05) is 0 Å². The fraction of sp³-hybridized carbons (Fsp3) is 0.250. The molecule has 162 valence electrons. The van der Waals surface area contributed by atoms with Crippen LogP contribution in [-0.2, 0) is 6.18 Å². The van der Waals surface area contributed by atoms with Gasteiger partial charge in [0.1, 0.15) is 11.5 Å². The molecule has 3 rings (SSSR count). The number of benzene rings is 1. The molecule has 0 aliphatic heterocycles. The molecule has 31 heavy (non-hydrogen) atoms. The molecule has 0 radical (unpaired) electrons. The molecule has 0 aliphatic carbocycles. The van der Waals surface area contributed by atoms with E-state index in [1.807, 2.05) is 0 Å². The third kappa shape index (κ3) is 5.30. The van der Waals surface area contributed by atoms with Crippen LogP contribution in [0.2, 0.25) is 0 Å². The number of halogens is 4. The number of amides is 1. The van der Waals surface area contributed by atoms with Crippen LogP contribution in [0.5, 0.6) is 0 Å². The van der Waals surface area contributed by atoms with E-state index in [4.69, 9.17) is 0 Å². The SMILES string of the molecule is CCC[C@@H](NC(=O)c1cc(=O)[nH]c(-c2ncccn2)n1)c1ccc(C(F)(F)F)c(F)c1. The molecule has 2 aromatic heterocycles. The van der Waals surface area contributed by atoms with Crippen molar-refractivity contribution in [1.82, 2.24) is 25.3 Å². The smallest absolute Gasteiger partial charge is 0.344 e. The molecule has 3 aromatic rings. The van der Waals surface area contributed by atoms with Crippen molar-refractivity contribution in [3.8, 4) is 11.6 Å². The minimum absolute atomic E-state index is 0.0223. The summed E-state index contributed by atoms with van der Waals surface area (Å²) in [6, 6.07) is 4.25. The first-order chi connectivity index (χ1) is 14.7. The van der Waals surface area contributed by atoms with E-state index in [2.05, 4.69) is 25.3 Å². The Labute approximate surface area is 173 Å². The molecule has 0 unspecified atom stereocenters. The Hall–Kier alpha value is -3.63. The molecule has 11 heteroatoms. The van der Waals surface area contributed by atoms with E-state index in [1.54, 1.807) is 13.0 Å². The van der Waals surface area contributed by atoms with E-state index in [1.165, 1.54) is 12.4 Å². The van der Waals surface area contributed by atoms with Crippen LogP contribution < -0.4 is 10.9 Å². The maximum absolute atomic E-state index is 14.0. The number of nitrogens with zero attached hydrogens (tertiary/aromatic N) is 3. The van der Waals surface area contributed by atoms with Crippen molar-refractivity contribution >= 4 is 5.91 Å². The van der Waals surface area contributed by atoms with Gasteiger partial charge >= 0.3 is 6.18 Å². The number of alkyl halides is 3. The van der Waals surface area contributed by atoms with Crippen molar-refractivity contribution < 1.29 is 22.4 Å². The highest BCUT2D eigenvalue weighted by molar-refractivity contribution is 5.92. The van der Waals surface area contributed by atoms with Gasteiger partial charge in [-0.3, -0.25) is 9.59 Å². The van der Waals surface area contributed by atoms with Gasteiger partial charge in [-0.15, -0.1) is 0 Å². The standard InChI is InChI=1S/C20H17F4N5O2/c1-2-4-14(11-5-6-12(13(21)9-11)20(22,23)24)28-19(31)15-10-16(30)29-18(27-15)17-25-7-3-8-26-17/h3,5-10,14H,2,4H2,1H3,(H,28,31)(H,27,29,30)/t14-/m1/s1. The van der Waals surface area contributed by atoms with Crippen LogP contribution in [0.3, 0.4) is 0 Å². The Bertz CT molecular complexity index is 1130. The number of rotatable bonds is 6. The average molecular weight is 435 g/mol. The van der Waals surface area contributed by atoms with E-state index in [0.717, 1.165) is 18.2 Å². The lowest BCUT2D eigenvalue weighted by Crippen LogP contribution is -2.30. The zero-order chi connectivity index (χ0) is 22.6. The molecule has 1 amide bonds. The first-order valence-electron chi connectivity index (χ1n) is 9.25. The first kappa shape index (κ1) is 22.1. The van der Waals surface area contributed by atoms with Crippen LogP contribution in [0.1, 0.15) is 47.4 Å². The van der Waals surface area contributed by atoms with Gasteiger partial charge < -0.3 is 10.3 Å². The number of hydrogen-bond donors (Lipinski definition) is 2. The van der Waals surface area contributed by atoms with Crippen LogP contribution in [0.15, 0.2) is 47.5 Å². The number of hydrogen-bond acceptors (Lipinski definition) is 5. The molecular formula is C20H17F4N5O2. The van der Waals surface area contributed by atoms with Crippen molar-refractivity contribution in [3.63, 3.8) is 0 Å². The zero-order valence-corrected chi connectivity index (χ0v) is 16.2. The average Bonchev–Trinajstić information content (AvgIpc) is 2.72. The predicted octanol–water partition coefficient (Wildman–Crippen LogP) is 3.66. The van der Waals surface area contributed by atoms with Gasteiger partial charge in [0.15, 0.2) is 11.6 Å². The Balaban J connectivity index is 1.89. The van der Waals surface area contributed by atoms with E-state index in [-0.39, 0.29) is 22.9 Å². The fourth-order valence-corrected chi connectivity index (χ4v) is 2.92. The van der Waals surface area contributed by atoms with Gasteiger partial charge in [0, 0.05) is 18.5 Å². The summed E-state index contributed by atoms with van der Waals surface area (Å²) >= 11 is 0. The summed E-state index contributed by atoms with van der Waals surface area (Å²) in [5.41, 5.74) is -2.08. The maximum atomic E-state index is 14.0. The molecular weight excluding hydrogens is 418 g/mol. The van der Waals surface area contributed by atoms with Crippen LogP contribution in [0, 0.1) is 5.82 Å². The molecule has 1 aromatic carbocycles. The van der Waals surface area contributed by atoms with Gasteiger partial charge in [0.25, 0.3) is 11.5 Å². The second kappa shape index (κ2) is 9.02. The van der Waals surface area contributed by atoms with Gasteiger partial charge in [-0.2, -0.15) is 13.2 Å². The molecule has 0 saturated carbocycles. The number of carbonyl (C=O) groups excluding carboxylic acids is 1. The second-order valence-electron chi connectivity index (χ2n) is 6.60. The Kier molecular flexibility index (Phi) is 6.42. The largest absolute Gasteiger partial charge is 0.419 e. The number of aromatic amines is 1. The van der Waals surface area contributed by atoms with Gasteiger partial charge in [0.05, 0.1) is 11.6 Å². The second-order valence-corrected chi connectivity index (χ2v) is 6.60. The molecule has 0 saturated heterocycles. The summed E-state index contributed by atoms with van der Waals surface area (Å²) in [7, 11) is 0. The molecule has 7 nitrogen and oxygen atoms in total. The number of aromatic nitrogens is 4. The van der Waals surface area contributed by atoms with E-state index < -0.39 is 35.1 Å². The Morgan fingerprint density at radius 2 is 1.90 bits per heavy atom. The molecule has 0 fully saturated rings. The van der Waals surface area contributed by atoms with Crippen molar-refractivity contribution in [3.05, 3.63) is 75.7 Å². The molecule has 0 spiro atoms. The van der Waals surface area contributed by atoms with Gasteiger partial charge in [0.2, 0.25) is 0 Å². The lowest BCUT2D eigenvalue weighted by Gasteiger charge is -2.19. The molecule has 0 aliphatic rings. The first-order valence-corrected chi connectivity index (χ1v) is 9.25.